The van der Waals surface area contributed by atoms with Gasteiger partial charge in [-0.15, -0.1) is 0 Å². The molecule has 5 nitrogen and oxygen atoms in total. The van der Waals surface area contributed by atoms with Crippen molar-refractivity contribution >= 4 is 22.8 Å². The summed E-state index contributed by atoms with van der Waals surface area (Å²) >= 11 is 0. The lowest BCUT2D eigenvalue weighted by Gasteiger charge is -2.23. The Labute approximate surface area is 116 Å². The number of carboxylic acid groups (broad SMARTS) is 1. The van der Waals surface area contributed by atoms with Crippen LogP contribution in [0.15, 0.2) is 30.5 Å². The Morgan fingerprint density at radius 2 is 2.05 bits per heavy atom. The molecule has 2 saturated heterocycles. The fraction of sp³-hybridized carbons (Fsp3) is 0.400. The molecule has 2 aromatic rings. The molecule has 3 atom stereocenters. The van der Waals surface area contributed by atoms with Crippen LogP contribution in [-0.2, 0) is 4.79 Å². The maximum absolute atomic E-state index is 11.3. The zero-order valence-corrected chi connectivity index (χ0v) is 10.9. The molecular formula is C15H15N3O2. The third-order valence-electron chi connectivity index (χ3n) is 4.55. The molecule has 1 N–H and O–H groups in total. The van der Waals surface area contributed by atoms with Crippen LogP contribution >= 0.6 is 0 Å². The number of aliphatic carboxylic acids is 1. The van der Waals surface area contributed by atoms with Crippen molar-refractivity contribution < 1.29 is 9.90 Å². The minimum atomic E-state index is -0.684. The van der Waals surface area contributed by atoms with Crippen molar-refractivity contribution in [3.8, 4) is 0 Å². The quantitative estimate of drug-likeness (QED) is 0.904. The van der Waals surface area contributed by atoms with Crippen molar-refractivity contribution in [3.05, 3.63) is 30.5 Å². The molecule has 102 valence electrons. The molecule has 3 unspecified atom stereocenters. The summed E-state index contributed by atoms with van der Waals surface area (Å²) in [6, 6.07) is 8.14. The molecule has 0 aliphatic carbocycles. The monoisotopic (exact) mass is 269 g/mol. The molecule has 3 heterocycles. The molecule has 0 saturated carbocycles. The minimum Gasteiger partial charge on any atom is -0.481 e. The Kier molecular flexibility index (Phi) is 2.42. The van der Waals surface area contributed by atoms with Gasteiger partial charge >= 0.3 is 5.97 Å². The van der Waals surface area contributed by atoms with Gasteiger partial charge in [0, 0.05) is 12.1 Å². The number of hydrogen-bond donors (Lipinski definition) is 1. The van der Waals surface area contributed by atoms with E-state index in [0.717, 1.165) is 36.1 Å². The summed E-state index contributed by atoms with van der Waals surface area (Å²) in [6.45, 7) is 0. The molecule has 2 bridgehead atoms. The Bertz CT molecular complexity index is 688. The number of fused-ring (bicyclic) bond motifs is 3. The second-order valence-electron chi connectivity index (χ2n) is 5.60. The highest BCUT2D eigenvalue weighted by Crippen LogP contribution is 2.43. The summed E-state index contributed by atoms with van der Waals surface area (Å²) in [5.41, 5.74) is 1.74. The summed E-state index contributed by atoms with van der Waals surface area (Å²) in [5.74, 6) is -0.127. The van der Waals surface area contributed by atoms with Crippen LogP contribution in [0.25, 0.3) is 11.0 Å². The first-order chi connectivity index (χ1) is 9.74. The normalized spacial score (nSPS) is 28.2. The van der Waals surface area contributed by atoms with Gasteiger partial charge in [-0.25, -0.2) is 4.98 Å². The number of para-hydroxylation sites is 2. The van der Waals surface area contributed by atoms with E-state index in [-0.39, 0.29) is 12.0 Å². The molecule has 0 spiro atoms. The second kappa shape index (κ2) is 4.16. The van der Waals surface area contributed by atoms with Gasteiger partial charge in [0.15, 0.2) is 0 Å². The summed E-state index contributed by atoms with van der Waals surface area (Å²) in [6.07, 6.45) is 4.51. The van der Waals surface area contributed by atoms with E-state index < -0.39 is 5.97 Å². The van der Waals surface area contributed by atoms with Gasteiger partial charge in [0.05, 0.1) is 23.1 Å². The van der Waals surface area contributed by atoms with Gasteiger partial charge in [0.25, 0.3) is 0 Å². The van der Waals surface area contributed by atoms with Crippen molar-refractivity contribution in [1.29, 1.82) is 0 Å². The predicted molar refractivity (Wildman–Crippen MR) is 74.6 cm³/mol. The average molecular weight is 269 g/mol. The van der Waals surface area contributed by atoms with E-state index in [1.807, 2.05) is 24.3 Å². The molecule has 0 amide bonds. The lowest BCUT2D eigenvalue weighted by Crippen LogP contribution is -2.33. The standard InChI is InChI=1S/C15H15N3O2/c19-15(20)10-7-9-5-6-13(10)18(9)14-8-16-11-3-1-2-4-12(11)17-14/h1-4,8-10,13H,5-7H2,(H,19,20). The number of carboxylic acids is 1. The van der Waals surface area contributed by atoms with Crippen LogP contribution < -0.4 is 4.90 Å². The topological polar surface area (TPSA) is 66.3 Å². The molecule has 20 heavy (non-hydrogen) atoms. The fourth-order valence-electron chi connectivity index (χ4n) is 3.68. The Morgan fingerprint density at radius 3 is 2.80 bits per heavy atom. The number of anilines is 1. The van der Waals surface area contributed by atoms with Gasteiger partial charge < -0.3 is 10.0 Å². The van der Waals surface area contributed by atoms with Gasteiger partial charge in [-0.1, -0.05) is 12.1 Å². The van der Waals surface area contributed by atoms with Crippen molar-refractivity contribution in [2.45, 2.75) is 31.3 Å². The van der Waals surface area contributed by atoms with Crippen LogP contribution in [0.2, 0.25) is 0 Å². The zero-order chi connectivity index (χ0) is 13.7. The first kappa shape index (κ1) is 11.6. The van der Waals surface area contributed by atoms with Crippen LogP contribution in [0, 0.1) is 5.92 Å². The number of benzene rings is 1. The number of carbonyl (C=O) groups is 1. The highest BCUT2D eigenvalue weighted by atomic mass is 16.4. The molecule has 2 fully saturated rings. The third kappa shape index (κ3) is 1.59. The zero-order valence-electron chi connectivity index (χ0n) is 10.9. The number of nitrogens with zero attached hydrogens (tertiary/aromatic N) is 3. The van der Waals surface area contributed by atoms with Gasteiger partial charge in [0.2, 0.25) is 0 Å². The number of hydrogen-bond acceptors (Lipinski definition) is 4. The van der Waals surface area contributed by atoms with E-state index in [2.05, 4.69) is 14.9 Å². The van der Waals surface area contributed by atoms with Crippen LogP contribution in [0.4, 0.5) is 5.82 Å². The van der Waals surface area contributed by atoms with Crippen LogP contribution in [0.5, 0.6) is 0 Å². The Balaban J connectivity index is 1.74. The van der Waals surface area contributed by atoms with Gasteiger partial charge in [0.1, 0.15) is 5.82 Å². The van der Waals surface area contributed by atoms with Crippen molar-refractivity contribution in [2.24, 2.45) is 5.92 Å². The maximum Gasteiger partial charge on any atom is 0.308 e. The smallest absolute Gasteiger partial charge is 0.308 e. The molecule has 5 heteroatoms. The molecule has 0 radical (unpaired) electrons. The van der Waals surface area contributed by atoms with Crippen molar-refractivity contribution in [2.75, 3.05) is 4.90 Å². The van der Waals surface area contributed by atoms with Crippen molar-refractivity contribution in [3.63, 3.8) is 0 Å². The maximum atomic E-state index is 11.3. The van der Waals surface area contributed by atoms with E-state index in [1.165, 1.54) is 0 Å². The summed E-state index contributed by atoms with van der Waals surface area (Å²) in [7, 11) is 0. The van der Waals surface area contributed by atoms with E-state index >= 15 is 0 Å². The number of aromatic nitrogens is 2. The first-order valence-electron chi connectivity index (χ1n) is 6.97. The lowest BCUT2D eigenvalue weighted by atomic mass is 9.89. The molecule has 2 aliphatic heterocycles. The van der Waals surface area contributed by atoms with E-state index in [4.69, 9.17) is 0 Å². The molecule has 1 aromatic heterocycles. The Morgan fingerprint density at radius 1 is 1.25 bits per heavy atom. The van der Waals surface area contributed by atoms with Crippen molar-refractivity contribution in [1.82, 2.24) is 9.97 Å². The SMILES string of the molecule is O=C(O)C1CC2CCC1N2c1cnc2ccccc2n1. The molecule has 4 rings (SSSR count). The largest absolute Gasteiger partial charge is 0.481 e. The first-order valence-corrected chi connectivity index (χ1v) is 6.97. The molecular weight excluding hydrogens is 254 g/mol. The van der Waals surface area contributed by atoms with Gasteiger partial charge in [-0.2, -0.15) is 0 Å². The van der Waals surface area contributed by atoms with Crippen LogP contribution in [0.3, 0.4) is 0 Å². The molecule has 2 aliphatic rings. The predicted octanol–water partition coefficient (Wildman–Crippen LogP) is 2.07. The third-order valence-corrected chi connectivity index (χ3v) is 4.55. The highest BCUT2D eigenvalue weighted by molar-refractivity contribution is 5.77. The van der Waals surface area contributed by atoms with E-state index in [9.17, 15) is 9.90 Å². The number of rotatable bonds is 2. The lowest BCUT2D eigenvalue weighted by molar-refractivity contribution is -0.142. The summed E-state index contributed by atoms with van der Waals surface area (Å²) in [5, 5.41) is 9.31. The second-order valence-corrected chi connectivity index (χ2v) is 5.60. The van der Waals surface area contributed by atoms with Crippen LogP contribution in [0.1, 0.15) is 19.3 Å². The summed E-state index contributed by atoms with van der Waals surface area (Å²) in [4.78, 5) is 22.6. The molecule has 1 aromatic carbocycles. The highest BCUT2D eigenvalue weighted by Gasteiger charge is 2.49. The summed E-state index contributed by atoms with van der Waals surface area (Å²) < 4.78 is 0. The van der Waals surface area contributed by atoms with E-state index in [1.54, 1.807) is 6.20 Å². The van der Waals surface area contributed by atoms with Crippen LogP contribution in [-0.4, -0.2) is 33.1 Å². The fourth-order valence-corrected chi connectivity index (χ4v) is 3.68. The Hall–Kier alpha value is -2.17. The van der Waals surface area contributed by atoms with E-state index in [0.29, 0.717) is 6.04 Å². The van der Waals surface area contributed by atoms with Gasteiger partial charge in [-0.05, 0) is 31.4 Å². The average Bonchev–Trinajstić information content (AvgIpc) is 3.04. The minimum absolute atomic E-state index is 0.0768. The van der Waals surface area contributed by atoms with Gasteiger partial charge in [-0.3, -0.25) is 9.78 Å².